The Hall–Kier alpha value is -2.20. The molecule has 5 rings (SSSR count). The molecule has 30 heavy (non-hydrogen) atoms. The Balaban J connectivity index is 1.57. The zero-order valence-electron chi connectivity index (χ0n) is 18.3. The largest absolute Gasteiger partial charge is 0.314 e. The molecule has 0 saturated heterocycles. The summed E-state index contributed by atoms with van der Waals surface area (Å²) >= 11 is 0. The first-order chi connectivity index (χ1) is 14.6. The van der Waals surface area contributed by atoms with Crippen molar-refractivity contribution in [2.45, 2.75) is 51.4 Å². The van der Waals surface area contributed by atoms with Crippen molar-refractivity contribution < 1.29 is 4.79 Å². The number of hydrogen-bond acceptors (Lipinski definition) is 3. The third-order valence-corrected chi connectivity index (χ3v) is 7.38. The van der Waals surface area contributed by atoms with Gasteiger partial charge in [0.15, 0.2) is 0 Å². The molecule has 1 saturated carbocycles. The molecule has 0 spiro atoms. The van der Waals surface area contributed by atoms with E-state index in [2.05, 4.69) is 46.2 Å². The van der Waals surface area contributed by atoms with Gasteiger partial charge in [0.1, 0.15) is 5.78 Å². The molecule has 1 aromatic heterocycles. The number of rotatable bonds is 5. The maximum Gasteiger partial charge on any atom is 0.141 e. The first-order valence-corrected chi connectivity index (χ1v) is 11.7. The van der Waals surface area contributed by atoms with E-state index in [9.17, 15) is 4.79 Å². The van der Waals surface area contributed by atoms with E-state index in [0.717, 1.165) is 25.1 Å². The predicted molar refractivity (Wildman–Crippen MR) is 123 cm³/mol. The van der Waals surface area contributed by atoms with Gasteiger partial charge in [-0.1, -0.05) is 31.4 Å². The van der Waals surface area contributed by atoms with Gasteiger partial charge in [-0.25, -0.2) is 0 Å². The normalized spacial score (nSPS) is 25.8. The van der Waals surface area contributed by atoms with Crippen LogP contribution < -0.4 is 0 Å². The highest BCUT2D eigenvalue weighted by molar-refractivity contribution is 6.12. The summed E-state index contributed by atoms with van der Waals surface area (Å²) in [6.07, 6.45) is 20.1. The Morgan fingerprint density at radius 3 is 2.87 bits per heavy atom. The second-order valence-electron chi connectivity index (χ2n) is 9.61. The number of Topliss-reactive ketones (excluding diaryl/α,β-unsaturated/α-hetero) is 1. The number of aromatic nitrogens is 1. The van der Waals surface area contributed by atoms with Crippen molar-refractivity contribution in [3.63, 3.8) is 0 Å². The average molecular weight is 404 g/mol. The van der Waals surface area contributed by atoms with Gasteiger partial charge in [-0.3, -0.25) is 9.79 Å². The maximum absolute atomic E-state index is 13.3. The van der Waals surface area contributed by atoms with E-state index in [1.165, 1.54) is 54.6 Å². The Bertz CT molecular complexity index is 953. The molecule has 1 aliphatic heterocycles. The van der Waals surface area contributed by atoms with Gasteiger partial charge in [-0.2, -0.15) is 0 Å². The summed E-state index contributed by atoms with van der Waals surface area (Å²) in [5.41, 5.74) is 6.28. The van der Waals surface area contributed by atoms with E-state index in [1.54, 1.807) is 0 Å². The molecule has 4 aliphatic rings. The van der Waals surface area contributed by atoms with E-state index in [-0.39, 0.29) is 11.8 Å². The van der Waals surface area contributed by atoms with Gasteiger partial charge in [0.2, 0.25) is 0 Å². The summed E-state index contributed by atoms with van der Waals surface area (Å²) in [6, 6.07) is 2.27. The standard InChI is InChI=1S/C26H33N3O/c1-28(2)15-14-23(30)21-11-12-22-25(24(21)18-7-4-3-5-8-18)27-17-20-10-6-9-19-13-16-29(22)26(19)20/h10-13,16-18,21,24H,3-9,14-15H2,1-2H3. The van der Waals surface area contributed by atoms with Crippen LogP contribution in [0.4, 0.5) is 0 Å². The summed E-state index contributed by atoms with van der Waals surface area (Å²) in [7, 11) is 4.08. The SMILES string of the molecule is CN(C)CCC(=O)C1C=CC2=C(N=CC3=CCCc4ccn2c43)C1C1CCCCC1. The molecule has 0 N–H and O–H groups in total. The molecule has 0 radical (unpaired) electrons. The minimum Gasteiger partial charge on any atom is -0.314 e. The highest BCUT2D eigenvalue weighted by Crippen LogP contribution is 2.46. The van der Waals surface area contributed by atoms with Crippen LogP contribution in [0.3, 0.4) is 0 Å². The number of ketones is 1. The molecular formula is C26H33N3O. The van der Waals surface area contributed by atoms with Gasteiger partial charge in [-0.05, 0) is 63.4 Å². The molecule has 1 aromatic rings. The smallest absolute Gasteiger partial charge is 0.141 e. The molecule has 158 valence electrons. The fourth-order valence-electron chi connectivity index (χ4n) is 5.85. The summed E-state index contributed by atoms with van der Waals surface area (Å²) in [6.45, 7) is 0.813. The number of fused-ring (bicyclic) bond motifs is 1. The molecule has 4 heteroatoms. The predicted octanol–water partition coefficient (Wildman–Crippen LogP) is 4.97. The van der Waals surface area contributed by atoms with E-state index >= 15 is 0 Å². The second-order valence-corrected chi connectivity index (χ2v) is 9.61. The summed E-state index contributed by atoms with van der Waals surface area (Å²) in [5.74, 6) is 1.08. The number of carbonyl (C=O) groups excluding carboxylic acids is 1. The average Bonchev–Trinajstić information content (AvgIpc) is 3.13. The van der Waals surface area contributed by atoms with Crippen LogP contribution in [0.2, 0.25) is 0 Å². The van der Waals surface area contributed by atoms with Crippen molar-refractivity contribution in [2.24, 2.45) is 22.7 Å². The van der Waals surface area contributed by atoms with Gasteiger partial charge in [0.05, 0.1) is 17.1 Å². The molecule has 1 fully saturated rings. The first-order valence-electron chi connectivity index (χ1n) is 11.7. The van der Waals surface area contributed by atoms with Gasteiger partial charge in [0.25, 0.3) is 0 Å². The van der Waals surface area contributed by atoms with Crippen molar-refractivity contribution in [1.82, 2.24) is 9.47 Å². The summed E-state index contributed by atoms with van der Waals surface area (Å²) < 4.78 is 2.34. The lowest BCUT2D eigenvalue weighted by molar-refractivity contribution is -0.123. The zero-order chi connectivity index (χ0) is 20.7. The highest BCUT2D eigenvalue weighted by Gasteiger charge is 2.40. The van der Waals surface area contributed by atoms with Crippen LogP contribution in [0.1, 0.15) is 56.2 Å². The molecule has 2 unspecified atom stereocenters. The van der Waals surface area contributed by atoms with Crippen molar-refractivity contribution in [3.05, 3.63) is 47.4 Å². The number of aryl methyl sites for hydroxylation is 1. The Morgan fingerprint density at radius 1 is 1.23 bits per heavy atom. The maximum atomic E-state index is 13.3. The van der Waals surface area contributed by atoms with Gasteiger partial charge in [-0.15, -0.1) is 0 Å². The van der Waals surface area contributed by atoms with Crippen molar-refractivity contribution in [2.75, 3.05) is 20.6 Å². The second kappa shape index (κ2) is 8.14. The van der Waals surface area contributed by atoms with Crippen molar-refractivity contribution >= 4 is 23.3 Å². The van der Waals surface area contributed by atoms with Crippen LogP contribution in [-0.4, -0.2) is 42.1 Å². The molecular weight excluding hydrogens is 370 g/mol. The lowest BCUT2D eigenvalue weighted by atomic mass is 9.69. The fraction of sp³-hybridized carbons (Fsp3) is 0.538. The summed E-state index contributed by atoms with van der Waals surface area (Å²) in [5, 5.41) is 0. The van der Waals surface area contributed by atoms with Crippen LogP contribution >= 0.6 is 0 Å². The van der Waals surface area contributed by atoms with Crippen molar-refractivity contribution in [3.8, 4) is 0 Å². The van der Waals surface area contributed by atoms with Crippen LogP contribution in [-0.2, 0) is 11.2 Å². The number of nitrogens with zero attached hydrogens (tertiary/aromatic N) is 3. The molecule has 3 aliphatic carbocycles. The number of aliphatic imine (C=N–C) groups is 1. The molecule has 2 atom stereocenters. The lowest BCUT2D eigenvalue weighted by Gasteiger charge is -2.37. The van der Waals surface area contributed by atoms with Crippen molar-refractivity contribution in [1.29, 1.82) is 0 Å². The highest BCUT2D eigenvalue weighted by atomic mass is 16.1. The fourth-order valence-corrected chi connectivity index (χ4v) is 5.85. The topological polar surface area (TPSA) is 37.6 Å². The molecule has 4 nitrogen and oxygen atoms in total. The quantitative estimate of drug-likeness (QED) is 0.696. The van der Waals surface area contributed by atoms with Gasteiger partial charge in [0, 0.05) is 42.8 Å². The molecule has 2 heterocycles. The number of allylic oxidation sites excluding steroid dienone is 6. The third-order valence-electron chi connectivity index (χ3n) is 7.38. The third kappa shape index (κ3) is 3.45. The molecule has 0 amide bonds. The van der Waals surface area contributed by atoms with E-state index in [4.69, 9.17) is 4.99 Å². The van der Waals surface area contributed by atoms with E-state index in [1.807, 2.05) is 14.1 Å². The molecule has 0 aromatic carbocycles. The van der Waals surface area contributed by atoms with E-state index in [0.29, 0.717) is 18.1 Å². The van der Waals surface area contributed by atoms with Crippen LogP contribution in [0.5, 0.6) is 0 Å². The Morgan fingerprint density at radius 2 is 2.07 bits per heavy atom. The number of hydrogen-bond donors (Lipinski definition) is 0. The summed E-state index contributed by atoms with van der Waals surface area (Å²) in [4.78, 5) is 20.5. The van der Waals surface area contributed by atoms with Gasteiger partial charge < -0.3 is 9.47 Å². The van der Waals surface area contributed by atoms with Crippen LogP contribution in [0.25, 0.3) is 11.3 Å². The van der Waals surface area contributed by atoms with Crippen LogP contribution in [0, 0.1) is 17.8 Å². The zero-order valence-corrected chi connectivity index (χ0v) is 18.3. The Labute approximate surface area is 180 Å². The Kier molecular flexibility index (Phi) is 5.36. The van der Waals surface area contributed by atoms with E-state index < -0.39 is 0 Å². The van der Waals surface area contributed by atoms with Crippen LogP contribution in [0.15, 0.2) is 41.2 Å². The first kappa shape index (κ1) is 19.7. The minimum atomic E-state index is -0.0434. The van der Waals surface area contributed by atoms with Gasteiger partial charge >= 0.3 is 0 Å². The lowest BCUT2D eigenvalue weighted by Crippen LogP contribution is -2.34. The number of carbonyl (C=O) groups is 1. The minimum absolute atomic E-state index is 0.0434. The monoisotopic (exact) mass is 403 g/mol. The molecule has 0 bridgehead atoms.